The molecule has 6 rings (SSSR count). The number of likely N-dealkylation sites (tertiary alicyclic amines) is 2. The molecule has 0 saturated carbocycles. The van der Waals surface area contributed by atoms with Crippen molar-refractivity contribution in [3.8, 4) is 0 Å². The highest BCUT2D eigenvalue weighted by Gasteiger charge is 2.31. The molecule has 0 bridgehead atoms. The fourth-order valence-corrected chi connectivity index (χ4v) is 5.80. The number of benzene rings is 2. The van der Waals surface area contributed by atoms with Crippen LogP contribution in [0.25, 0.3) is 21.9 Å². The van der Waals surface area contributed by atoms with Crippen molar-refractivity contribution >= 4 is 27.8 Å². The molecule has 33 heavy (non-hydrogen) atoms. The molecule has 170 valence electrons. The van der Waals surface area contributed by atoms with Crippen molar-refractivity contribution in [3.63, 3.8) is 0 Å². The summed E-state index contributed by atoms with van der Waals surface area (Å²) in [5, 5.41) is 0.999. The van der Waals surface area contributed by atoms with E-state index in [4.69, 9.17) is 0 Å². The van der Waals surface area contributed by atoms with Crippen molar-refractivity contribution in [1.82, 2.24) is 24.3 Å². The molecule has 2 aromatic heterocycles. The number of hydrogen-bond acceptors (Lipinski definition) is 3. The lowest BCUT2D eigenvalue weighted by Crippen LogP contribution is -2.49. The van der Waals surface area contributed by atoms with E-state index in [0.717, 1.165) is 79.4 Å². The van der Waals surface area contributed by atoms with Gasteiger partial charge in [0.2, 0.25) is 0 Å². The molecule has 0 unspecified atom stereocenters. The molecule has 7 heteroatoms. The molecule has 0 spiro atoms. The number of piperidine rings is 2. The predicted octanol–water partition coefficient (Wildman–Crippen LogP) is 3.75. The van der Waals surface area contributed by atoms with E-state index in [1.165, 1.54) is 0 Å². The fraction of sp³-hybridized carbons (Fsp3) is 0.385. The Balaban J connectivity index is 1.08. The van der Waals surface area contributed by atoms with Crippen molar-refractivity contribution in [1.29, 1.82) is 0 Å². The molecule has 4 aromatic rings. The summed E-state index contributed by atoms with van der Waals surface area (Å²) < 4.78 is 1.95. The average Bonchev–Trinajstić information content (AvgIpc) is 3.44. The Labute approximate surface area is 192 Å². The van der Waals surface area contributed by atoms with Crippen LogP contribution in [-0.2, 0) is 0 Å². The Morgan fingerprint density at radius 3 is 2.27 bits per heavy atom. The van der Waals surface area contributed by atoms with Crippen molar-refractivity contribution in [3.05, 3.63) is 70.8 Å². The summed E-state index contributed by atoms with van der Waals surface area (Å²) >= 11 is 0. The number of carbonyl (C=O) groups is 1. The zero-order valence-corrected chi connectivity index (χ0v) is 18.7. The van der Waals surface area contributed by atoms with Gasteiger partial charge in [-0.25, -0.2) is 4.79 Å². The normalized spacial score (nSPS) is 19.0. The number of imidazole rings is 1. The maximum atomic E-state index is 13.1. The van der Waals surface area contributed by atoms with Gasteiger partial charge in [0.1, 0.15) is 0 Å². The van der Waals surface area contributed by atoms with Crippen LogP contribution in [0.1, 0.15) is 42.1 Å². The van der Waals surface area contributed by atoms with Crippen LogP contribution in [0.3, 0.4) is 0 Å². The van der Waals surface area contributed by atoms with E-state index < -0.39 is 0 Å². The van der Waals surface area contributed by atoms with Gasteiger partial charge in [-0.1, -0.05) is 30.3 Å². The molecule has 2 fully saturated rings. The van der Waals surface area contributed by atoms with E-state index in [-0.39, 0.29) is 17.6 Å². The lowest BCUT2D eigenvalue weighted by Gasteiger charge is -2.42. The third kappa shape index (κ3) is 3.56. The second-order valence-corrected chi connectivity index (χ2v) is 9.36. The van der Waals surface area contributed by atoms with Crippen LogP contribution in [0.5, 0.6) is 0 Å². The quantitative estimate of drug-likeness (QED) is 0.506. The number of hydrogen-bond donors (Lipinski definition) is 2. The van der Waals surface area contributed by atoms with E-state index in [2.05, 4.69) is 14.9 Å². The summed E-state index contributed by atoms with van der Waals surface area (Å²) in [7, 11) is 0. The summed E-state index contributed by atoms with van der Waals surface area (Å²) in [5.41, 5.74) is 3.70. The van der Waals surface area contributed by atoms with Gasteiger partial charge < -0.3 is 19.8 Å². The fourth-order valence-electron chi connectivity index (χ4n) is 5.80. The standard InChI is InChI=1S/C26H29N5O2/c32-25(21-17-27-22-6-2-1-5-20(21)22)30-15-9-18(10-16-30)29-13-11-19(12-14-29)31-24-8-4-3-7-23(24)28-26(31)33/h1-8,17-19,27H,9-16H2,(H,28,33). The Hall–Kier alpha value is -3.32. The largest absolute Gasteiger partial charge is 0.360 e. The number of para-hydroxylation sites is 3. The number of aromatic amines is 2. The molecular weight excluding hydrogens is 414 g/mol. The van der Waals surface area contributed by atoms with E-state index in [1.807, 2.05) is 64.2 Å². The molecule has 2 N–H and O–H groups in total. The molecule has 2 aliphatic rings. The molecule has 0 radical (unpaired) electrons. The first kappa shape index (κ1) is 20.3. The van der Waals surface area contributed by atoms with Gasteiger partial charge >= 0.3 is 5.69 Å². The number of H-pyrrole nitrogens is 2. The minimum Gasteiger partial charge on any atom is -0.360 e. The highest BCUT2D eigenvalue weighted by molar-refractivity contribution is 6.06. The van der Waals surface area contributed by atoms with E-state index >= 15 is 0 Å². The number of carbonyl (C=O) groups excluding carboxylic acids is 1. The van der Waals surface area contributed by atoms with Crippen LogP contribution in [0, 0.1) is 0 Å². The number of rotatable bonds is 3. The summed E-state index contributed by atoms with van der Waals surface area (Å²) in [4.78, 5) is 36.5. The highest BCUT2D eigenvalue weighted by atomic mass is 16.2. The monoisotopic (exact) mass is 443 g/mol. The van der Waals surface area contributed by atoms with Gasteiger partial charge in [0.25, 0.3) is 5.91 Å². The van der Waals surface area contributed by atoms with Gasteiger partial charge in [0.15, 0.2) is 0 Å². The molecule has 2 aliphatic heterocycles. The maximum absolute atomic E-state index is 13.1. The number of fused-ring (bicyclic) bond motifs is 2. The van der Waals surface area contributed by atoms with Crippen LogP contribution in [0.2, 0.25) is 0 Å². The van der Waals surface area contributed by atoms with Gasteiger partial charge in [-0.15, -0.1) is 0 Å². The molecule has 4 heterocycles. The van der Waals surface area contributed by atoms with Crippen LogP contribution >= 0.6 is 0 Å². The zero-order valence-electron chi connectivity index (χ0n) is 18.7. The summed E-state index contributed by atoms with van der Waals surface area (Å²) in [6.07, 6.45) is 5.82. The first-order valence-corrected chi connectivity index (χ1v) is 12.0. The summed E-state index contributed by atoms with van der Waals surface area (Å²) in [5.74, 6) is 0.128. The Kier molecular flexibility index (Phi) is 5.06. The zero-order chi connectivity index (χ0) is 22.4. The first-order valence-electron chi connectivity index (χ1n) is 12.0. The molecule has 1 amide bonds. The molecular formula is C26H29N5O2. The minimum absolute atomic E-state index is 0.00116. The van der Waals surface area contributed by atoms with Crippen molar-refractivity contribution in [2.45, 2.75) is 37.8 Å². The van der Waals surface area contributed by atoms with Crippen LogP contribution in [-0.4, -0.2) is 62.5 Å². The van der Waals surface area contributed by atoms with E-state index in [0.29, 0.717) is 6.04 Å². The van der Waals surface area contributed by atoms with Crippen LogP contribution < -0.4 is 5.69 Å². The second-order valence-electron chi connectivity index (χ2n) is 9.36. The van der Waals surface area contributed by atoms with Gasteiger partial charge in [-0.2, -0.15) is 0 Å². The minimum atomic E-state index is -0.00116. The first-order chi connectivity index (χ1) is 16.2. The third-order valence-electron chi connectivity index (χ3n) is 7.58. The predicted molar refractivity (Wildman–Crippen MR) is 130 cm³/mol. The maximum Gasteiger partial charge on any atom is 0.326 e. The number of nitrogens with zero attached hydrogens (tertiary/aromatic N) is 3. The van der Waals surface area contributed by atoms with Crippen LogP contribution in [0.15, 0.2) is 59.5 Å². The SMILES string of the molecule is O=C(c1c[nH]c2ccccc12)N1CCC(N2CCC(n3c(=O)[nH]c4ccccc43)CC2)CC1. The van der Waals surface area contributed by atoms with Crippen molar-refractivity contribution in [2.24, 2.45) is 0 Å². The average molecular weight is 444 g/mol. The Bertz CT molecular complexity index is 1350. The highest BCUT2D eigenvalue weighted by Crippen LogP contribution is 2.29. The molecule has 0 atom stereocenters. The van der Waals surface area contributed by atoms with E-state index in [1.54, 1.807) is 0 Å². The smallest absolute Gasteiger partial charge is 0.326 e. The van der Waals surface area contributed by atoms with E-state index in [9.17, 15) is 9.59 Å². The summed E-state index contributed by atoms with van der Waals surface area (Å²) in [6.45, 7) is 3.59. The van der Waals surface area contributed by atoms with Crippen molar-refractivity contribution in [2.75, 3.05) is 26.2 Å². The number of aromatic nitrogens is 3. The molecule has 0 aliphatic carbocycles. The third-order valence-corrected chi connectivity index (χ3v) is 7.58. The molecule has 2 saturated heterocycles. The molecule has 2 aromatic carbocycles. The van der Waals surface area contributed by atoms with Crippen molar-refractivity contribution < 1.29 is 4.79 Å². The van der Waals surface area contributed by atoms with Gasteiger partial charge in [0, 0.05) is 55.4 Å². The lowest BCUT2D eigenvalue weighted by molar-refractivity contribution is 0.0559. The number of nitrogens with one attached hydrogen (secondary N) is 2. The second kappa shape index (κ2) is 8.23. The topological polar surface area (TPSA) is 77.1 Å². The Morgan fingerprint density at radius 2 is 1.48 bits per heavy atom. The lowest BCUT2D eigenvalue weighted by atomic mass is 9.97. The van der Waals surface area contributed by atoms with Gasteiger partial charge in [-0.05, 0) is 43.9 Å². The van der Waals surface area contributed by atoms with Crippen LogP contribution in [0.4, 0.5) is 0 Å². The summed E-state index contributed by atoms with van der Waals surface area (Å²) in [6, 6.07) is 16.7. The number of amides is 1. The Morgan fingerprint density at radius 1 is 0.818 bits per heavy atom. The molecule has 7 nitrogen and oxygen atoms in total. The van der Waals surface area contributed by atoms with Gasteiger partial charge in [0.05, 0.1) is 16.6 Å². The van der Waals surface area contributed by atoms with Gasteiger partial charge in [-0.3, -0.25) is 9.36 Å².